The molecule has 0 atom stereocenters. The summed E-state index contributed by atoms with van der Waals surface area (Å²) in [6.07, 6.45) is 2.23. The van der Waals surface area contributed by atoms with Crippen molar-refractivity contribution in [1.82, 2.24) is 0 Å². The molecule has 0 heterocycles. The molecular weight excluding hydrogens is 360 g/mol. The molecule has 22 heavy (non-hydrogen) atoms. The molecule has 1 nitrogen and oxygen atoms in total. The van der Waals surface area contributed by atoms with E-state index in [1.807, 2.05) is 31.2 Å². The normalized spacial score (nSPS) is 11.8. The highest BCUT2D eigenvalue weighted by atomic mass is 79.9. The topological polar surface area (TPSA) is 17.1 Å². The lowest BCUT2D eigenvalue weighted by atomic mass is 9.98. The van der Waals surface area contributed by atoms with Crippen LogP contribution in [-0.4, -0.2) is 5.78 Å². The number of Topliss-reactive ketones (excluding diaryl/α,β-unsaturated/α-hetero) is 1. The standard InChI is InChI=1S/C19H16BrClO/c1-3-4-17(18(20)14-7-5-13(2)6-8-14)19(22)15-9-11-16(21)12-10-15/h3,5-12H,1,4H2,2H3/b18-17+. The van der Waals surface area contributed by atoms with Gasteiger partial charge in [0.1, 0.15) is 0 Å². The van der Waals surface area contributed by atoms with Crippen molar-refractivity contribution in [2.45, 2.75) is 13.3 Å². The number of carbonyl (C=O) groups excluding carboxylic acids is 1. The van der Waals surface area contributed by atoms with E-state index >= 15 is 0 Å². The Balaban J connectivity index is 2.45. The first-order valence-electron chi connectivity index (χ1n) is 6.89. The van der Waals surface area contributed by atoms with Crippen molar-refractivity contribution in [3.05, 3.63) is 88.5 Å². The first-order chi connectivity index (χ1) is 10.5. The molecule has 0 aliphatic rings. The molecule has 0 bridgehead atoms. The van der Waals surface area contributed by atoms with Gasteiger partial charge in [-0.2, -0.15) is 0 Å². The second-order valence-corrected chi connectivity index (χ2v) is 6.22. The van der Waals surface area contributed by atoms with E-state index in [0.29, 0.717) is 22.6 Å². The number of rotatable bonds is 5. The van der Waals surface area contributed by atoms with E-state index in [2.05, 4.69) is 22.5 Å². The summed E-state index contributed by atoms with van der Waals surface area (Å²) in [5, 5.41) is 0.614. The fourth-order valence-electron chi connectivity index (χ4n) is 2.08. The largest absolute Gasteiger partial charge is 0.289 e. The summed E-state index contributed by atoms with van der Waals surface area (Å²) in [6.45, 7) is 5.79. The lowest BCUT2D eigenvalue weighted by Crippen LogP contribution is -2.04. The van der Waals surface area contributed by atoms with Crippen molar-refractivity contribution in [2.24, 2.45) is 0 Å². The molecule has 0 spiro atoms. The second-order valence-electron chi connectivity index (χ2n) is 4.99. The Morgan fingerprint density at radius 1 is 1.09 bits per heavy atom. The van der Waals surface area contributed by atoms with Gasteiger partial charge in [0.05, 0.1) is 0 Å². The van der Waals surface area contributed by atoms with Gasteiger partial charge in [-0.3, -0.25) is 4.79 Å². The Morgan fingerprint density at radius 3 is 2.18 bits per heavy atom. The third kappa shape index (κ3) is 3.96. The van der Waals surface area contributed by atoms with E-state index in [0.717, 1.165) is 10.0 Å². The quantitative estimate of drug-likeness (QED) is 0.345. The lowest BCUT2D eigenvalue weighted by molar-refractivity contribution is 0.103. The summed E-state index contributed by atoms with van der Waals surface area (Å²) in [6, 6.07) is 15.0. The highest BCUT2D eigenvalue weighted by Crippen LogP contribution is 2.30. The summed E-state index contributed by atoms with van der Waals surface area (Å²) >= 11 is 9.46. The minimum atomic E-state index is -0.0241. The molecule has 0 saturated heterocycles. The third-order valence-corrected chi connectivity index (χ3v) is 4.49. The van der Waals surface area contributed by atoms with E-state index in [1.165, 1.54) is 5.56 Å². The number of aryl methyl sites for hydroxylation is 1. The highest BCUT2D eigenvalue weighted by Gasteiger charge is 2.16. The predicted molar refractivity (Wildman–Crippen MR) is 97.6 cm³/mol. The second kappa shape index (κ2) is 7.57. The van der Waals surface area contributed by atoms with Crippen molar-refractivity contribution in [2.75, 3.05) is 0 Å². The van der Waals surface area contributed by atoms with Crippen LogP contribution in [0.3, 0.4) is 0 Å². The van der Waals surface area contributed by atoms with Crippen molar-refractivity contribution in [1.29, 1.82) is 0 Å². The molecule has 0 aliphatic carbocycles. The first kappa shape index (κ1) is 16.7. The molecule has 2 rings (SSSR count). The zero-order valence-electron chi connectivity index (χ0n) is 12.3. The molecule has 0 N–H and O–H groups in total. The highest BCUT2D eigenvalue weighted by molar-refractivity contribution is 9.15. The maximum atomic E-state index is 12.7. The van der Waals surface area contributed by atoms with E-state index in [9.17, 15) is 4.79 Å². The van der Waals surface area contributed by atoms with Gasteiger partial charge in [-0.15, -0.1) is 6.58 Å². The van der Waals surface area contributed by atoms with Crippen LogP contribution >= 0.6 is 27.5 Å². The molecule has 0 aromatic heterocycles. The molecule has 2 aromatic rings. The van der Waals surface area contributed by atoms with Crippen LogP contribution in [0.4, 0.5) is 0 Å². The van der Waals surface area contributed by atoms with Gasteiger partial charge in [0, 0.05) is 20.6 Å². The fraction of sp³-hybridized carbons (Fsp3) is 0.105. The average molecular weight is 376 g/mol. The van der Waals surface area contributed by atoms with Crippen molar-refractivity contribution in [3.8, 4) is 0 Å². The third-order valence-electron chi connectivity index (χ3n) is 3.30. The Labute approximate surface area is 144 Å². The van der Waals surface area contributed by atoms with Crippen LogP contribution < -0.4 is 0 Å². The molecule has 0 fully saturated rings. The molecule has 3 heteroatoms. The maximum absolute atomic E-state index is 12.7. The number of hydrogen-bond donors (Lipinski definition) is 0. The summed E-state index contributed by atoms with van der Waals surface area (Å²) in [7, 11) is 0. The number of allylic oxidation sites excluding steroid dienone is 2. The van der Waals surface area contributed by atoms with Gasteiger partial charge >= 0.3 is 0 Å². The fourth-order valence-corrected chi connectivity index (χ4v) is 2.81. The van der Waals surface area contributed by atoms with Crippen LogP contribution in [0.2, 0.25) is 5.02 Å². The average Bonchev–Trinajstić information content (AvgIpc) is 2.53. The molecule has 2 aromatic carbocycles. The first-order valence-corrected chi connectivity index (χ1v) is 8.07. The van der Waals surface area contributed by atoms with Crippen molar-refractivity contribution < 1.29 is 4.79 Å². The number of carbonyl (C=O) groups is 1. The van der Waals surface area contributed by atoms with Gasteiger partial charge < -0.3 is 0 Å². The molecule has 0 aliphatic heterocycles. The Hall–Kier alpha value is -1.64. The lowest BCUT2D eigenvalue weighted by Gasteiger charge is -2.10. The Kier molecular flexibility index (Phi) is 5.76. The molecule has 0 amide bonds. The molecule has 112 valence electrons. The number of halogens is 2. The smallest absolute Gasteiger partial charge is 0.190 e. The zero-order valence-corrected chi connectivity index (χ0v) is 14.6. The van der Waals surface area contributed by atoms with Gasteiger partial charge in [-0.1, -0.05) is 47.5 Å². The molecular formula is C19H16BrClO. The zero-order chi connectivity index (χ0) is 16.1. The maximum Gasteiger partial charge on any atom is 0.190 e. The van der Waals surface area contributed by atoms with E-state index in [4.69, 9.17) is 11.6 Å². The van der Waals surface area contributed by atoms with Crippen LogP contribution in [0.5, 0.6) is 0 Å². The van der Waals surface area contributed by atoms with Crippen LogP contribution in [0.1, 0.15) is 27.9 Å². The molecule has 0 radical (unpaired) electrons. The molecule has 0 unspecified atom stereocenters. The van der Waals surface area contributed by atoms with Gasteiger partial charge in [-0.05, 0) is 59.1 Å². The van der Waals surface area contributed by atoms with Crippen LogP contribution in [0.15, 0.2) is 66.8 Å². The summed E-state index contributed by atoms with van der Waals surface area (Å²) in [5.74, 6) is -0.0241. The van der Waals surface area contributed by atoms with E-state index in [1.54, 1.807) is 30.3 Å². The minimum absolute atomic E-state index is 0.0241. The number of ketones is 1. The van der Waals surface area contributed by atoms with E-state index in [-0.39, 0.29) is 5.78 Å². The summed E-state index contributed by atoms with van der Waals surface area (Å²) < 4.78 is 0.798. The van der Waals surface area contributed by atoms with Gasteiger partial charge in [0.25, 0.3) is 0 Å². The molecule has 0 saturated carbocycles. The van der Waals surface area contributed by atoms with Gasteiger partial charge in [0.2, 0.25) is 0 Å². The van der Waals surface area contributed by atoms with Crippen molar-refractivity contribution in [3.63, 3.8) is 0 Å². The predicted octanol–water partition coefficient (Wildman–Crippen LogP) is 6.21. The van der Waals surface area contributed by atoms with E-state index < -0.39 is 0 Å². The van der Waals surface area contributed by atoms with Crippen LogP contribution in [0.25, 0.3) is 4.48 Å². The number of benzene rings is 2. The Bertz CT molecular complexity index is 712. The van der Waals surface area contributed by atoms with Gasteiger partial charge in [0.15, 0.2) is 5.78 Å². The van der Waals surface area contributed by atoms with Crippen LogP contribution in [0, 0.1) is 6.92 Å². The minimum Gasteiger partial charge on any atom is -0.289 e. The monoisotopic (exact) mass is 374 g/mol. The SMILES string of the molecule is C=CC/C(C(=O)c1ccc(Cl)cc1)=C(\Br)c1ccc(C)cc1. The summed E-state index contributed by atoms with van der Waals surface area (Å²) in [4.78, 5) is 12.7. The van der Waals surface area contributed by atoms with Crippen molar-refractivity contribution >= 4 is 37.8 Å². The van der Waals surface area contributed by atoms with Crippen LogP contribution in [-0.2, 0) is 0 Å². The summed E-state index contributed by atoms with van der Waals surface area (Å²) in [5.41, 5.74) is 3.45. The van der Waals surface area contributed by atoms with Gasteiger partial charge in [-0.25, -0.2) is 0 Å². The Morgan fingerprint density at radius 2 is 1.64 bits per heavy atom. The number of hydrogen-bond acceptors (Lipinski definition) is 1.